The van der Waals surface area contributed by atoms with Crippen molar-refractivity contribution in [1.29, 1.82) is 0 Å². The Morgan fingerprint density at radius 2 is 2.50 bits per heavy atom. The van der Waals surface area contributed by atoms with Crippen molar-refractivity contribution in [1.82, 2.24) is 10.2 Å². The summed E-state index contributed by atoms with van der Waals surface area (Å²) in [6.45, 7) is 5.59. The van der Waals surface area contributed by atoms with Crippen molar-refractivity contribution < 1.29 is 9.34 Å². The SMILES string of the molecule is C[C@H]1CN(Cc2ccc([N+](=O)[O-])o2)CCN1. The maximum Gasteiger partial charge on any atom is 0.433 e. The smallest absolute Gasteiger partial charge is 0.404 e. The second-order valence-corrected chi connectivity index (χ2v) is 4.09. The lowest BCUT2D eigenvalue weighted by Crippen LogP contribution is -2.48. The van der Waals surface area contributed by atoms with E-state index in [9.17, 15) is 10.1 Å². The Morgan fingerprint density at radius 1 is 1.69 bits per heavy atom. The van der Waals surface area contributed by atoms with E-state index in [0.29, 0.717) is 18.3 Å². The molecule has 0 unspecified atom stereocenters. The fourth-order valence-electron chi connectivity index (χ4n) is 1.93. The van der Waals surface area contributed by atoms with Crippen LogP contribution >= 0.6 is 0 Å². The monoisotopic (exact) mass is 225 g/mol. The van der Waals surface area contributed by atoms with E-state index in [2.05, 4.69) is 17.1 Å². The Labute approximate surface area is 93.4 Å². The summed E-state index contributed by atoms with van der Waals surface area (Å²) in [7, 11) is 0. The number of piperazine rings is 1. The fourth-order valence-corrected chi connectivity index (χ4v) is 1.93. The van der Waals surface area contributed by atoms with E-state index in [1.165, 1.54) is 6.07 Å². The van der Waals surface area contributed by atoms with Crippen LogP contribution in [0.2, 0.25) is 0 Å². The van der Waals surface area contributed by atoms with E-state index >= 15 is 0 Å². The number of nitrogens with zero attached hydrogens (tertiary/aromatic N) is 2. The molecule has 88 valence electrons. The first-order chi connectivity index (χ1) is 7.65. The van der Waals surface area contributed by atoms with Crippen molar-refractivity contribution in [2.24, 2.45) is 0 Å². The average Bonchev–Trinajstić information content (AvgIpc) is 2.66. The van der Waals surface area contributed by atoms with Crippen molar-refractivity contribution in [2.75, 3.05) is 19.6 Å². The number of hydrogen-bond acceptors (Lipinski definition) is 5. The summed E-state index contributed by atoms with van der Waals surface area (Å²) in [4.78, 5) is 12.2. The molecule has 0 amide bonds. The highest BCUT2D eigenvalue weighted by Gasteiger charge is 2.18. The van der Waals surface area contributed by atoms with E-state index in [1.807, 2.05) is 0 Å². The van der Waals surface area contributed by atoms with Crippen molar-refractivity contribution in [3.63, 3.8) is 0 Å². The number of nitro groups is 1. The number of rotatable bonds is 3. The molecule has 1 aliphatic heterocycles. The van der Waals surface area contributed by atoms with Crippen LogP contribution in [0.25, 0.3) is 0 Å². The summed E-state index contributed by atoms with van der Waals surface area (Å²) >= 11 is 0. The number of nitrogens with one attached hydrogen (secondary N) is 1. The van der Waals surface area contributed by atoms with Gasteiger partial charge in [-0.25, -0.2) is 0 Å². The molecule has 0 aliphatic carbocycles. The van der Waals surface area contributed by atoms with Gasteiger partial charge in [0.1, 0.15) is 10.7 Å². The Kier molecular flexibility index (Phi) is 3.21. The zero-order valence-corrected chi connectivity index (χ0v) is 9.18. The zero-order chi connectivity index (χ0) is 11.5. The summed E-state index contributed by atoms with van der Waals surface area (Å²) in [5.74, 6) is 0.471. The Bertz CT molecular complexity index is 377. The maximum atomic E-state index is 10.4. The van der Waals surface area contributed by atoms with E-state index in [-0.39, 0.29) is 5.88 Å². The predicted octanol–water partition coefficient (Wildman–Crippen LogP) is 0.982. The lowest BCUT2D eigenvalue weighted by Gasteiger charge is -2.30. The van der Waals surface area contributed by atoms with Gasteiger partial charge in [0.2, 0.25) is 0 Å². The van der Waals surface area contributed by atoms with Gasteiger partial charge in [0.05, 0.1) is 12.6 Å². The van der Waals surface area contributed by atoms with Gasteiger partial charge in [-0.2, -0.15) is 0 Å². The first-order valence-electron chi connectivity index (χ1n) is 5.34. The van der Waals surface area contributed by atoms with Crippen LogP contribution in [0, 0.1) is 10.1 Å². The van der Waals surface area contributed by atoms with Crippen LogP contribution in [0.15, 0.2) is 16.5 Å². The number of hydrogen-bond donors (Lipinski definition) is 1. The van der Waals surface area contributed by atoms with Crippen LogP contribution in [0.4, 0.5) is 5.88 Å². The minimum atomic E-state index is -0.510. The van der Waals surface area contributed by atoms with Gasteiger partial charge >= 0.3 is 5.88 Å². The van der Waals surface area contributed by atoms with Crippen molar-refractivity contribution >= 4 is 5.88 Å². The summed E-state index contributed by atoms with van der Waals surface area (Å²) in [5, 5.41) is 13.8. The fraction of sp³-hybridized carbons (Fsp3) is 0.600. The van der Waals surface area contributed by atoms with Crippen molar-refractivity contribution in [3.8, 4) is 0 Å². The molecule has 0 radical (unpaired) electrons. The molecule has 1 aromatic rings. The second kappa shape index (κ2) is 4.63. The Balaban J connectivity index is 1.95. The molecule has 2 heterocycles. The third-order valence-corrected chi connectivity index (χ3v) is 2.66. The summed E-state index contributed by atoms with van der Waals surface area (Å²) in [5.41, 5.74) is 0. The predicted molar refractivity (Wildman–Crippen MR) is 58.1 cm³/mol. The average molecular weight is 225 g/mol. The quantitative estimate of drug-likeness (QED) is 0.613. The highest BCUT2D eigenvalue weighted by molar-refractivity contribution is 5.17. The summed E-state index contributed by atoms with van der Waals surface area (Å²) in [6, 6.07) is 3.53. The van der Waals surface area contributed by atoms with Crippen LogP contribution in [0.5, 0.6) is 0 Å². The van der Waals surface area contributed by atoms with Gasteiger partial charge in [0, 0.05) is 25.7 Å². The molecule has 0 spiro atoms. The first-order valence-corrected chi connectivity index (χ1v) is 5.34. The Morgan fingerprint density at radius 3 is 3.12 bits per heavy atom. The molecular formula is C10H15N3O3. The topological polar surface area (TPSA) is 71.5 Å². The third kappa shape index (κ3) is 2.59. The second-order valence-electron chi connectivity index (χ2n) is 4.09. The standard InChI is InChI=1S/C10H15N3O3/c1-8-6-12(5-4-11-8)7-9-2-3-10(16-9)13(14)15/h2-3,8,11H,4-7H2,1H3/t8-/m0/s1. The highest BCUT2D eigenvalue weighted by atomic mass is 16.6. The van der Waals surface area contributed by atoms with Crippen LogP contribution in [-0.4, -0.2) is 35.5 Å². The minimum absolute atomic E-state index is 0.182. The maximum absolute atomic E-state index is 10.4. The lowest BCUT2D eigenvalue weighted by molar-refractivity contribution is -0.402. The molecule has 1 atom stereocenters. The molecule has 6 nitrogen and oxygen atoms in total. The van der Waals surface area contributed by atoms with Gasteiger partial charge in [0.25, 0.3) is 0 Å². The van der Waals surface area contributed by atoms with Crippen molar-refractivity contribution in [3.05, 3.63) is 28.0 Å². The highest BCUT2D eigenvalue weighted by Crippen LogP contribution is 2.17. The summed E-state index contributed by atoms with van der Waals surface area (Å²) in [6.07, 6.45) is 0. The van der Waals surface area contributed by atoms with Crippen molar-refractivity contribution in [2.45, 2.75) is 19.5 Å². The molecule has 0 saturated carbocycles. The summed E-state index contributed by atoms with van der Waals surface area (Å²) < 4.78 is 5.12. The lowest BCUT2D eigenvalue weighted by atomic mass is 10.2. The molecule has 6 heteroatoms. The van der Waals surface area contributed by atoms with Gasteiger partial charge < -0.3 is 9.73 Å². The number of furan rings is 1. The molecule has 1 N–H and O–H groups in total. The first kappa shape index (κ1) is 11.1. The van der Waals surface area contributed by atoms with Gasteiger partial charge in [-0.1, -0.05) is 0 Å². The van der Waals surface area contributed by atoms with Crippen LogP contribution in [-0.2, 0) is 6.54 Å². The normalized spacial score (nSPS) is 22.2. The largest absolute Gasteiger partial charge is 0.433 e. The van der Waals surface area contributed by atoms with Gasteiger partial charge in [-0.3, -0.25) is 15.0 Å². The molecule has 16 heavy (non-hydrogen) atoms. The van der Waals surface area contributed by atoms with Gasteiger partial charge in [0.15, 0.2) is 0 Å². The van der Waals surface area contributed by atoms with Crippen LogP contribution < -0.4 is 5.32 Å². The van der Waals surface area contributed by atoms with E-state index in [1.54, 1.807) is 6.07 Å². The van der Waals surface area contributed by atoms with E-state index < -0.39 is 4.92 Å². The van der Waals surface area contributed by atoms with Crippen LogP contribution in [0.1, 0.15) is 12.7 Å². The third-order valence-electron chi connectivity index (χ3n) is 2.66. The molecule has 0 bridgehead atoms. The van der Waals surface area contributed by atoms with Crippen LogP contribution in [0.3, 0.4) is 0 Å². The molecule has 0 aromatic carbocycles. The molecule has 1 fully saturated rings. The molecule has 2 rings (SSSR count). The van der Waals surface area contributed by atoms with Gasteiger partial charge in [-0.05, 0) is 13.0 Å². The molecule has 1 saturated heterocycles. The Hall–Kier alpha value is -1.40. The molecule has 1 aliphatic rings. The van der Waals surface area contributed by atoms with E-state index in [4.69, 9.17) is 4.42 Å². The van der Waals surface area contributed by atoms with E-state index in [0.717, 1.165) is 19.6 Å². The minimum Gasteiger partial charge on any atom is -0.404 e. The van der Waals surface area contributed by atoms with Gasteiger partial charge in [-0.15, -0.1) is 0 Å². The molecular weight excluding hydrogens is 210 g/mol. The zero-order valence-electron chi connectivity index (χ0n) is 9.18. The molecule has 1 aromatic heterocycles.